The van der Waals surface area contributed by atoms with Crippen LogP contribution >= 0.6 is 23.2 Å². The smallest absolute Gasteiger partial charge is 0.306 e. The molecular weight excluding hydrogens is 323 g/mol. The van der Waals surface area contributed by atoms with E-state index in [0.717, 1.165) is 5.56 Å². The number of fused-ring (bicyclic) bond motifs is 1. The third-order valence-electron chi connectivity index (χ3n) is 3.17. The minimum absolute atomic E-state index is 0.171. The van der Waals surface area contributed by atoms with E-state index in [1.54, 1.807) is 42.5 Å². The summed E-state index contributed by atoms with van der Waals surface area (Å²) < 4.78 is 0. The van der Waals surface area contributed by atoms with Crippen LogP contribution in [0.4, 0.5) is 0 Å². The van der Waals surface area contributed by atoms with Crippen molar-refractivity contribution in [3.05, 3.63) is 74.1 Å². The third kappa shape index (κ3) is 2.98. The molecule has 1 aromatic heterocycles. The Bertz CT molecular complexity index is 954. The molecule has 3 aromatic rings. The van der Waals surface area contributed by atoms with Crippen molar-refractivity contribution in [2.24, 2.45) is 0 Å². The van der Waals surface area contributed by atoms with Crippen molar-refractivity contribution in [2.45, 2.75) is 0 Å². The number of imidazole rings is 1. The van der Waals surface area contributed by atoms with E-state index in [-0.39, 0.29) is 11.5 Å². The van der Waals surface area contributed by atoms with E-state index in [4.69, 9.17) is 23.2 Å². The fraction of sp³-hybridized carbons (Fsp3) is 0. The van der Waals surface area contributed by atoms with E-state index < -0.39 is 0 Å². The molecule has 2 N–H and O–H groups in total. The molecule has 0 spiro atoms. The fourth-order valence-electron chi connectivity index (χ4n) is 2.07. The van der Waals surface area contributed by atoms with Gasteiger partial charge in [0.1, 0.15) is 0 Å². The monoisotopic (exact) mass is 332 g/mol. The highest BCUT2D eigenvalue weighted by Crippen LogP contribution is 2.23. The van der Waals surface area contributed by atoms with Crippen molar-refractivity contribution < 1.29 is 4.79 Å². The van der Waals surface area contributed by atoms with Crippen LogP contribution in [-0.4, -0.2) is 15.8 Å². The first kappa shape index (κ1) is 14.6. The van der Waals surface area contributed by atoms with E-state index in [9.17, 15) is 9.59 Å². The van der Waals surface area contributed by atoms with Gasteiger partial charge in [-0.25, -0.2) is 4.79 Å². The van der Waals surface area contributed by atoms with Crippen molar-refractivity contribution >= 4 is 46.1 Å². The molecule has 1 heterocycles. The molecule has 22 heavy (non-hydrogen) atoms. The lowest BCUT2D eigenvalue weighted by Gasteiger charge is -1.98. The molecule has 0 radical (unpaired) electrons. The maximum atomic E-state index is 12.2. The number of hydrogen-bond acceptors (Lipinski definition) is 2. The number of hydrogen-bond donors (Lipinski definition) is 2. The van der Waals surface area contributed by atoms with E-state index >= 15 is 0 Å². The van der Waals surface area contributed by atoms with E-state index in [1.807, 2.05) is 0 Å². The third-order valence-corrected chi connectivity index (χ3v) is 3.91. The van der Waals surface area contributed by atoms with Gasteiger partial charge in [-0.2, -0.15) is 0 Å². The van der Waals surface area contributed by atoms with Crippen LogP contribution in [0.1, 0.15) is 15.9 Å². The molecule has 0 aliphatic carbocycles. The second kappa shape index (κ2) is 5.83. The Morgan fingerprint density at radius 1 is 0.955 bits per heavy atom. The van der Waals surface area contributed by atoms with E-state index in [0.29, 0.717) is 26.6 Å². The van der Waals surface area contributed by atoms with Crippen molar-refractivity contribution in [1.29, 1.82) is 0 Å². The second-order valence-electron chi connectivity index (χ2n) is 4.71. The van der Waals surface area contributed by atoms with Crippen molar-refractivity contribution in [3.63, 3.8) is 0 Å². The Balaban J connectivity index is 1.87. The zero-order valence-electron chi connectivity index (χ0n) is 11.2. The number of H-pyrrole nitrogens is 2. The van der Waals surface area contributed by atoms with Crippen LogP contribution in [0.2, 0.25) is 10.0 Å². The van der Waals surface area contributed by atoms with Crippen molar-refractivity contribution in [3.8, 4) is 0 Å². The number of aromatic nitrogens is 2. The number of benzene rings is 2. The SMILES string of the molecule is O=C(/C=C/c1ccc(Cl)c(Cl)c1)c1ccc2[nH]c(=O)[nH]c2c1. The van der Waals surface area contributed by atoms with Crippen LogP contribution in [0.3, 0.4) is 0 Å². The largest absolute Gasteiger partial charge is 0.323 e. The first-order valence-corrected chi connectivity index (χ1v) is 7.18. The van der Waals surface area contributed by atoms with E-state index in [2.05, 4.69) is 9.97 Å². The molecular formula is C16H10Cl2N2O2. The molecule has 3 rings (SSSR count). The number of aromatic amines is 2. The summed E-state index contributed by atoms with van der Waals surface area (Å²) in [6.45, 7) is 0. The average Bonchev–Trinajstić information content (AvgIpc) is 2.87. The molecule has 0 aliphatic heterocycles. The summed E-state index contributed by atoms with van der Waals surface area (Å²) in [5.74, 6) is -0.171. The summed E-state index contributed by atoms with van der Waals surface area (Å²) in [5.41, 5.74) is 2.22. The maximum Gasteiger partial charge on any atom is 0.323 e. The lowest BCUT2D eigenvalue weighted by molar-refractivity contribution is 0.104. The van der Waals surface area contributed by atoms with Crippen LogP contribution in [0.25, 0.3) is 17.1 Å². The van der Waals surface area contributed by atoms with Crippen LogP contribution in [-0.2, 0) is 0 Å². The molecule has 0 unspecified atom stereocenters. The second-order valence-corrected chi connectivity index (χ2v) is 5.53. The minimum atomic E-state index is -0.300. The number of allylic oxidation sites excluding steroid dienone is 1. The average molecular weight is 333 g/mol. The molecule has 0 saturated carbocycles. The molecule has 0 amide bonds. The maximum absolute atomic E-state index is 12.2. The van der Waals surface area contributed by atoms with Gasteiger partial charge in [0.15, 0.2) is 5.78 Å². The van der Waals surface area contributed by atoms with Crippen LogP contribution < -0.4 is 5.69 Å². The Morgan fingerprint density at radius 3 is 2.50 bits per heavy atom. The normalized spacial score (nSPS) is 11.4. The number of rotatable bonds is 3. The molecule has 2 aromatic carbocycles. The number of carbonyl (C=O) groups excluding carboxylic acids is 1. The predicted octanol–water partition coefficient (Wildman–Crippen LogP) is 4.06. The lowest BCUT2D eigenvalue weighted by Crippen LogP contribution is -1.99. The molecule has 0 saturated heterocycles. The highest BCUT2D eigenvalue weighted by molar-refractivity contribution is 6.42. The predicted molar refractivity (Wildman–Crippen MR) is 88.7 cm³/mol. The summed E-state index contributed by atoms with van der Waals surface area (Å²) in [4.78, 5) is 28.6. The van der Waals surface area contributed by atoms with Gasteiger partial charge in [-0.05, 0) is 42.0 Å². The molecule has 6 heteroatoms. The van der Waals surface area contributed by atoms with Gasteiger partial charge in [-0.15, -0.1) is 0 Å². The quantitative estimate of drug-likeness (QED) is 0.561. The molecule has 0 aliphatic rings. The van der Waals surface area contributed by atoms with Crippen molar-refractivity contribution in [1.82, 2.24) is 9.97 Å². The van der Waals surface area contributed by atoms with Crippen LogP contribution in [0, 0.1) is 0 Å². The minimum Gasteiger partial charge on any atom is -0.306 e. The first-order chi connectivity index (χ1) is 10.5. The summed E-state index contributed by atoms with van der Waals surface area (Å²) in [5, 5.41) is 0.898. The Morgan fingerprint density at radius 2 is 1.73 bits per heavy atom. The van der Waals surface area contributed by atoms with Gasteiger partial charge in [-0.3, -0.25) is 4.79 Å². The highest BCUT2D eigenvalue weighted by Gasteiger charge is 2.05. The zero-order chi connectivity index (χ0) is 15.7. The van der Waals surface area contributed by atoms with Gasteiger partial charge < -0.3 is 9.97 Å². The molecule has 4 nitrogen and oxygen atoms in total. The number of halogens is 2. The summed E-state index contributed by atoms with van der Waals surface area (Å²) in [7, 11) is 0. The lowest BCUT2D eigenvalue weighted by atomic mass is 10.1. The van der Waals surface area contributed by atoms with E-state index in [1.165, 1.54) is 6.08 Å². The number of nitrogens with one attached hydrogen (secondary N) is 2. The van der Waals surface area contributed by atoms with Gasteiger partial charge in [0.2, 0.25) is 0 Å². The summed E-state index contributed by atoms with van der Waals surface area (Å²) in [6, 6.07) is 10.1. The Labute approximate surface area is 135 Å². The van der Waals surface area contributed by atoms with Gasteiger partial charge in [-0.1, -0.05) is 35.3 Å². The van der Waals surface area contributed by atoms with Crippen LogP contribution in [0.15, 0.2) is 47.3 Å². The molecule has 0 bridgehead atoms. The van der Waals surface area contributed by atoms with Gasteiger partial charge in [0.05, 0.1) is 21.1 Å². The first-order valence-electron chi connectivity index (χ1n) is 6.42. The highest BCUT2D eigenvalue weighted by atomic mass is 35.5. The topological polar surface area (TPSA) is 65.7 Å². The van der Waals surface area contributed by atoms with Gasteiger partial charge in [0, 0.05) is 5.56 Å². The Hall–Kier alpha value is -2.30. The molecule has 110 valence electrons. The molecule has 0 fully saturated rings. The van der Waals surface area contributed by atoms with Gasteiger partial charge in [0.25, 0.3) is 0 Å². The Kier molecular flexibility index (Phi) is 3.88. The number of carbonyl (C=O) groups is 1. The summed E-state index contributed by atoms with van der Waals surface area (Å²) >= 11 is 11.8. The fourth-order valence-corrected chi connectivity index (χ4v) is 2.38. The van der Waals surface area contributed by atoms with Crippen molar-refractivity contribution in [2.75, 3.05) is 0 Å². The number of ketones is 1. The standard InChI is InChI=1S/C16H10Cl2N2O2/c17-11-4-1-9(7-12(11)18)2-6-15(21)10-3-5-13-14(8-10)20-16(22)19-13/h1-8H,(H2,19,20,22)/b6-2+. The molecule has 0 atom stereocenters. The zero-order valence-corrected chi connectivity index (χ0v) is 12.7. The van der Waals surface area contributed by atoms with Gasteiger partial charge >= 0.3 is 5.69 Å². The summed E-state index contributed by atoms with van der Waals surface area (Å²) in [6.07, 6.45) is 3.11. The van der Waals surface area contributed by atoms with Crippen LogP contribution in [0.5, 0.6) is 0 Å².